The van der Waals surface area contributed by atoms with Gasteiger partial charge >= 0.3 is 0 Å². The third-order valence-corrected chi connectivity index (χ3v) is 5.27. The van der Waals surface area contributed by atoms with Crippen molar-refractivity contribution in [3.63, 3.8) is 0 Å². The van der Waals surface area contributed by atoms with Gasteiger partial charge in [-0.2, -0.15) is 0 Å². The molecule has 1 fully saturated rings. The predicted octanol–water partition coefficient (Wildman–Crippen LogP) is 2.92. The van der Waals surface area contributed by atoms with Crippen LogP contribution in [-0.2, 0) is 6.42 Å². The number of benzene rings is 2. The minimum atomic E-state index is -0.300. The van der Waals surface area contributed by atoms with Gasteiger partial charge in [-0.25, -0.2) is 0 Å². The molecule has 27 heavy (non-hydrogen) atoms. The molecule has 1 saturated heterocycles. The molecule has 140 valence electrons. The molecule has 2 heterocycles. The van der Waals surface area contributed by atoms with Crippen LogP contribution >= 0.6 is 0 Å². The van der Waals surface area contributed by atoms with Crippen molar-refractivity contribution in [2.24, 2.45) is 0 Å². The third-order valence-electron chi connectivity index (χ3n) is 5.27. The third kappa shape index (κ3) is 3.32. The number of nitro benzene ring substituents is 1. The summed E-state index contributed by atoms with van der Waals surface area (Å²) in [5.74, 6) is 0.0203. The van der Waals surface area contributed by atoms with E-state index in [1.807, 2.05) is 35.2 Å². The van der Waals surface area contributed by atoms with Gasteiger partial charge in [0.1, 0.15) is 5.69 Å². The minimum absolute atomic E-state index is 0.0203. The standard InChI is InChI=1S/C20H22N4O3/c25-20(15-5-2-1-3-6-15)23-12-4-11-22(13-14-23)19-16-9-10-21-17(16)7-8-18(19)24(26)27/h1-3,5-8,21H,4,9-14H2. The Labute approximate surface area is 157 Å². The molecular formula is C20H22N4O3. The van der Waals surface area contributed by atoms with Crippen molar-refractivity contribution in [2.45, 2.75) is 12.8 Å². The molecule has 0 saturated carbocycles. The van der Waals surface area contributed by atoms with Gasteiger partial charge in [-0.3, -0.25) is 14.9 Å². The van der Waals surface area contributed by atoms with E-state index in [1.165, 1.54) is 0 Å². The number of carbonyl (C=O) groups is 1. The van der Waals surface area contributed by atoms with Crippen molar-refractivity contribution in [1.29, 1.82) is 0 Å². The van der Waals surface area contributed by atoms with E-state index in [1.54, 1.807) is 12.1 Å². The van der Waals surface area contributed by atoms with Gasteiger partial charge in [-0.1, -0.05) is 18.2 Å². The van der Waals surface area contributed by atoms with Crippen molar-refractivity contribution in [1.82, 2.24) is 4.90 Å². The van der Waals surface area contributed by atoms with Crippen molar-refractivity contribution in [3.05, 3.63) is 63.7 Å². The van der Waals surface area contributed by atoms with Crippen molar-refractivity contribution >= 4 is 23.0 Å². The zero-order chi connectivity index (χ0) is 18.8. The number of rotatable bonds is 3. The fourth-order valence-electron chi connectivity index (χ4n) is 3.97. The van der Waals surface area contributed by atoms with E-state index in [0.717, 1.165) is 36.3 Å². The summed E-state index contributed by atoms with van der Waals surface area (Å²) >= 11 is 0. The number of nitro groups is 1. The summed E-state index contributed by atoms with van der Waals surface area (Å²) in [5, 5.41) is 14.9. The topological polar surface area (TPSA) is 78.7 Å². The first-order valence-electron chi connectivity index (χ1n) is 9.28. The van der Waals surface area contributed by atoms with Crippen LogP contribution in [0.15, 0.2) is 42.5 Å². The van der Waals surface area contributed by atoms with Gasteiger partial charge in [0.15, 0.2) is 0 Å². The van der Waals surface area contributed by atoms with E-state index in [2.05, 4.69) is 10.2 Å². The second-order valence-corrected chi connectivity index (χ2v) is 6.89. The molecule has 0 aliphatic carbocycles. The summed E-state index contributed by atoms with van der Waals surface area (Å²) in [4.78, 5) is 28.0. The molecule has 7 nitrogen and oxygen atoms in total. The van der Waals surface area contributed by atoms with Gasteiger partial charge in [-0.05, 0) is 31.0 Å². The molecule has 1 amide bonds. The smallest absolute Gasteiger partial charge is 0.292 e. The monoisotopic (exact) mass is 366 g/mol. The first-order chi connectivity index (χ1) is 13.1. The van der Waals surface area contributed by atoms with Crippen molar-refractivity contribution in [2.75, 3.05) is 42.9 Å². The molecule has 7 heteroatoms. The van der Waals surface area contributed by atoms with E-state index >= 15 is 0 Å². The average molecular weight is 366 g/mol. The lowest BCUT2D eigenvalue weighted by atomic mass is 10.1. The largest absolute Gasteiger partial charge is 0.384 e. The van der Waals surface area contributed by atoms with Crippen molar-refractivity contribution in [3.8, 4) is 0 Å². The molecule has 2 aliphatic heterocycles. The predicted molar refractivity (Wildman–Crippen MR) is 104 cm³/mol. The molecule has 0 spiro atoms. The fourth-order valence-corrected chi connectivity index (χ4v) is 3.97. The SMILES string of the molecule is O=C(c1ccccc1)N1CCCN(c2c([N+](=O)[O-])ccc3c2CCN3)CC1. The molecule has 4 rings (SSSR count). The highest BCUT2D eigenvalue weighted by Gasteiger charge is 2.29. The van der Waals surface area contributed by atoms with E-state index in [9.17, 15) is 14.9 Å². The van der Waals surface area contributed by atoms with Crippen LogP contribution in [0.25, 0.3) is 0 Å². The quantitative estimate of drug-likeness (QED) is 0.667. The maximum Gasteiger partial charge on any atom is 0.292 e. The second-order valence-electron chi connectivity index (χ2n) is 6.89. The van der Waals surface area contributed by atoms with Crippen LogP contribution in [-0.4, -0.2) is 48.5 Å². The summed E-state index contributed by atoms with van der Waals surface area (Å²) < 4.78 is 0. The summed E-state index contributed by atoms with van der Waals surface area (Å²) in [6.07, 6.45) is 1.57. The highest BCUT2D eigenvalue weighted by atomic mass is 16.6. The van der Waals surface area contributed by atoms with Gasteiger partial charge in [0.25, 0.3) is 11.6 Å². The molecule has 2 aromatic carbocycles. The number of carbonyl (C=O) groups excluding carboxylic acids is 1. The maximum absolute atomic E-state index is 12.7. The molecule has 0 bridgehead atoms. The molecule has 2 aromatic rings. The number of nitrogens with one attached hydrogen (secondary N) is 1. The van der Waals surface area contributed by atoms with Crippen LogP contribution in [0, 0.1) is 10.1 Å². The Kier molecular flexibility index (Phi) is 4.66. The molecule has 1 N–H and O–H groups in total. The Hall–Kier alpha value is -3.09. The lowest BCUT2D eigenvalue weighted by molar-refractivity contribution is -0.384. The van der Waals surface area contributed by atoms with E-state index in [0.29, 0.717) is 31.7 Å². The lowest BCUT2D eigenvalue weighted by Crippen LogP contribution is -2.35. The summed E-state index contributed by atoms with van der Waals surface area (Å²) in [5.41, 5.74) is 3.56. The minimum Gasteiger partial charge on any atom is -0.384 e. The molecule has 0 radical (unpaired) electrons. The van der Waals surface area contributed by atoms with Crippen LogP contribution in [0.1, 0.15) is 22.3 Å². The Bertz CT molecular complexity index is 869. The Balaban J connectivity index is 1.58. The highest BCUT2D eigenvalue weighted by Crippen LogP contribution is 2.39. The average Bonchev–Trinajstić information content (AvgIpc) is 3.04. The number of anilines is 2. The molecule has 0 unspecified atom stereocenters. The molecule has 0 atom stereocenters. The van der Waals surface area contributed by atoms with E-state index < -0.39 is 0 Å². The van der Waals surface area contributed by atoms with Crippen LogP contribution in [0.4, 0.5) is 17.1 Å². The summed E-state index contributed by atoms with van der Waals surface area (Å²) in [7, 11) is 0. The van der Waals surface area contributed by atoms with E-state index in [4.69, 9.17) is 0 Å². The summed E-state index contributed by atoms with van der Waals surface area (Å²) in [6.45, 7) is 3.31. The number of amides is 1. The van der Waals surface area contributed by atoms with Crippen LogP contribution in [0.3, 0.4) is 0 Å². The molecular weight excluding hydrogens is 344 g/mol. The molecule has 0 aromatic heterocycles. The number of nitrogens with zero attached hydrogens (tertiary/aromatic N) is 3. The first kappa shape index (κ1) is 17.3. The first-order valence-corrected chi connectivity index (χ1v) is 9.28. The van der Waals surface area contributed by atoms with Gasteiger partial charge in [0.05, 0.1) is 4.92 Å². The number of hydrogen-bond donors (Lipinski definition) is 1. The van der Waals surface area contributed by atoms with Gasteiger partial charge in [0, 0.05) is 55.6 Å². The normalized spacial score (nSPS) is 16.4. The Morgan fingerprint density at radius 1 is 1.04 bits per heavy atom. The Morgan fingerprint density at radius 3 is 2.63 bits per heavy atom. The van der Waals surface area contributed by atoms with Crippen LogP contribution < -0.4 is 10.2 Å². The molecule has 2 aliphatic rings. The Morgan fingerprint density at radius 2 is 1.85 bits per heavy atom. The maximum atomic E-state index is 12.7. The zero-order valence-electron chi connectivity index (χ0n) is 15.1. The van der Waals surface area contributed by atoms with E-state index in [-0.39, 0.29) is 16.5 Å². The second kappa shape index (κ2) is 7.26. The van der Waals surface area contributed by atoms with Crippen molar-refractivity contribution < 1.29 is 9.72 Å². The van der Waals surface area contributed by atoms with Gasteiger partial charge < -0.3 is 15.1 Å². The van der Waals surface area contributed by atoms with Crippen LogP contribution in [0.5, 0.6) is 0 Å². The number of fused-ring (bicyclic) bond motifs is 1. The zero-order valence-corrected chi connectivity index (χ0v) is 15.1. The van der Waals surface area contributed by atoms with Gasteiger partial charge in [-0.15, -0.1) is 0 Å². The lowest BCUT2D eigenvalue weighted by Gasteiger charge is -2.25. The van der Waals surface area contributed by atoms with Gasteiger partial charge in [0.2, 0.25) is 0 Å². The fraction of sp³-hybridized carbons (Fsp3) is 0.350. The highest BCUT2D eigenvalue weighted by molar-refractivity contribution is 5.94. The summed E-state index contributed by atoms with van der Waals surface area (Å²) in [6, 6.07) is 12.7. The van der Waals surface area contributed by atoms with Crippen LogP contribution in [0.2, 0.25) is 0 Å². The number of hydrogen-bond acceptors (Lipinski definition) is 5.